The van der Waals surface area contributed by atoms with Crippen molar-refractivity contribution in [3.05, 3.63) is 16.7 Å². The molecule has 1 aromatic rings. The summed E-state index contributed by atoms with van der Waals surface area (Å²) < 4.78 is 0. The lowest BCUT2D eigenvalue weighted by Crippen LogP contribution is -2.39. The lowest BCUT2D eigenvalue weighted by atomic mass is 9.59. The fourth-order valence-corrected chi connectivity index (χ4v) is 8.11. The maximum atomic E-state index is 11.7. The van der Waals surface area contributed by atoms with Crippen molar-refractivity contribution in [3.8, 4) is 17.2 Å². The molecule has 4 N–H and O–H groups in total. The van der Waals surface area contributed by atoms with Crippen LogP contribution >= 0.6 is 0 Å². The van der Waals surface area contributed by atoms with E-state index >= 15 is 0 Å². The van der Waals surface area contributed by atoms with Crippen LogP contribution in [0.4, 0.5) is 0 Å². The summed E-state index contributed by atoms with van der Waals surface area (Å²) in [4.78, 5) is 23.4. The minimum atomic E-state index is -0.695. The first-order valence-corrected chi connectivity index (χ1v) is 11.8. The highest BCUT2D eigenvalue weighted by molar-refractivity contribution is 5.95. The zero-order valence-electron chi connectivity index (χ0n) is 19.6. The van der Waals surface area contributed by atoms with Crippen LogP contribution in [0.25, 0.3) is 0 Å². The molecule has 0 radical (unpaired) electrons. The van der Waals surface area contributed by atoms with Gasteiger partial charge in [-0.15, -0.1) is 0 Å². The highest BCUT2D eigenvalue weighted by Crippen LogP contribution is 2.75. The summed E-state index contributed by atoms with van der Waals surface area (Å²) in [5, 5.41) is 43.3. The van der Waals surface area contributed by atoms with Gasteiger partial charge in [-0.1, -0.05) is 34.6 Å². The fraction of sp³-hybridized carbons (Fsp3) is 0.692. The molecule has 3 aliphatic rings. The highest BCUT2D eigenvalue weighted by Gasteiger charge is 2.69. The van der Waals surface area contributed by atoms with E-state index in [0.717, 1.165) is 25.7 Å². The van der Waals surface area contributed by atoms with Crippen LogP contribution in [0.1, 0.15) is 92.5 Å². The summed E-state index contributed by atoms with van der Waals surface area (Å²) in [5.74, 6) is -0.674. The van der Waals surface area contributed by atoms with Crippen molar-refractivity contribution in [1.29, 1.82) is 0 Å². The second-order valence-corrected chi connectivity index (χ2v) is 11.6. The quantitative estimate of drug-likeness (QED) is 0.492. The third kappa shape index (κ3) is 2.94. The molecule has 6 heteroatoms. The Labute approximate surface area is 189 Å². The number of fused-ring (bicyclic) bond motifs is 3. The van der Waals surface area contributed by atoms with E-state index < -0.39 is 17.2 Å². The molecular weight excluding hydrogens is 408 g/mol. The second-order valence-electron chi connectivity index (χ2n) is 11.6. The Balaban J connectivity index is 1.93. The zero-order chi connectivity index (χ0) is 23.7. The minimum absolute atomic E-state index is 0.0280. The Morgan fingerprint density at radius 1 is 0.875 bits per heavy atom. The number of rotatable bonds is 5. The first-order chi connectivity index (χ1) is 14.9. The summed E-state index contributed by atoms with van der Waals surface area (Å²) in [7, 11) is 0. The van der Waals surface area contributed by atoms with Crippen LogP contribution in [0.15, 0.2) is 0 Å². The molecule has 176 valence electrons. The van der Waals surface area contributed by atoms with Crippen LogP contribution in [0, 0.1) is 40.4 Å². The molecule has 32 heavy (non-hydrogen) atoms. The summed E-state index contributed by atoms with van der Waals surface area (Å²) >= 11 is 0. The van der Waals surface area contributed by atoms with Crippen molar-refractivity contribution >= 4 is 12.6 Å². The predicted molar refractivity (Wildman–Crippen MR) is 120 cm³/mol. The molecule has 6 nitrogen and oxygen atoms in total. The van der Waals surface area contributed by atoms with E-state index in [1.54, 1.807) is 0 Å². The number of hydrogen-bond acceptors (Lipinski definition) is 6. The Hall–Kier alpha value is -2.08. The fourth-order valence-electron chi connectivity index (χ4n) is 8.11. The number of aliphatic hydroxyl groups is 1. The van der Waals surface area contributed by atoms with Crippen molar-refractivity contribution in [2.45, 2.75) is 72.3 Å². The van der Waals surface area contributed by atoms with Gasteiger partial charge in [-0.3, -0.25) is 9.59 Å². The Bertz CT molecular complexity index is 915. The molecule has 0 aliphatic heterocycles. The number of phenols is 3. The predicted octanol–water partition coefficient (Wildman–Crippen LogP) is 4.63. The molecule has 1 aromatic carbocycles. The van der Waals surface area contributed by atoms with Crippen LogP contribution in [0.2, 0.25) is 0 Å². The average molecular weight is 445 g/mol. The molecular formula is C26H36O6. The van der Waals surface area contributed by atoms with Gasteiger partial charge in [0.05, 0.1) is 17.2 Å². The van der Waals surface area contributed by atoms with Gasteiger partial charge in [0, 0.05) is 5.56 Å². The Kier molecular flexibility index (Phi) is 5.39. The molecule has 4 rings (SSSR count). The van der Waals surface area contributed by atoms with Crippen LogP contribution in [-0.4, -0.2) is 39.1 Å². The number of carbonyl (C=O) groups is 2. The largest absolute Gasteiger partial charge is 0.507 e. The van der Waals surface area contributed by atoms with Crippen LogP contribution in [0.3, 0.4) is 0 Å². The van der Waals surface area contributed by atoms with Crippen molar-refractivity contribution < 1.29 is 30.0 Å². The number of phenolic OH excluding ortho intramolecular Hbond substituents is 3. The molecule has 3 fully saturated rings. The first kappa shape index (κ1) is 23.1. The van der Waals surface area contributed by atoms with Gasteiger partial charge in [0.15, 0.2) is 12.6 Å². The minimum Gasteiger partial charge on any atom is -0.507 e. The van der Waals surface area contributed by atoms with Crippen molar-refractivity contribution in [1.82, 2.24) is 0 Å². The van der Waals surface area contributed by atoms with Crippen molar-refractivity contribution in [2.75, 3.05) is 0 Å². The van der Waals surface area contributed by atoms with E-state index in [-0.39, 0.29) is 57.3 Å². The molecule has 0 saturated heterocycles. The Morgan fingerprint density at radius 3 is 1.94 bits per heavy atom. The van der Waals surface area contributed by atoms with Gasteiger partial charge in [-0.25, -0.2) is 0 Å². The van der Waals surface area contributed by atoms with E-state index in [2.05, 4.69) is 20.8 Å². The molecule has 0 bridgehead atoms. The van der Waals surface area contributed by atoms with E-state index in [0.29, 0.717) is 24.4 Å². The topological polar surface area (TPSA) is 115 Å². The highest BCUT2D eigenvalue weighted by atomic mass is 16.3. The Morgan fingerprint density at radius 2 is 1.44 bits per heavy atom. The smallest absolute Gasteiger partial charge is 0.157 e. The third-order valence-corrected chi connectivity index (χ3v) is 9.49. The molecule has 3 aliphatic carbocycles. The summed E-state index contributed by atoms with van der Waals surface area (Å²) in [6, 6.07) is 0. The van der Waals surface area contributed by atoms with Gasteiger partial charge < -0.3 is 20.4 Å². The number of benzene rings is 1. The average Bonchev–Trinajstić information content (AvgIpc) is 3.14. The molecule has 3 saturated carbocycles. The van der Waals surface area contributed by atoms with Crippen molar-refractivity contribution in [3.63, 3.8) is 0 Å². The zero-order valence-corrected chi connectivity index (χ0v) is 19.6. The van der Waals surface area contributed by atoms with E-state index in [1.807, 2.05) is 13.8 Å². The second kappa shape index (κ2) is 7.47. The third-order valence-electron chi connectivity index (χ3n) is 9.49. The molecule has 0 spiro atoms. The monoisotopic (exact) mass is 444 g/mol. The summed E-state index contributed by atoms with van der Waals surface area (Å²) in [6.45, 7) is 10.8. The maximum Gasteiger partial charge on any atom is 0.157 e. The number of carbonyl (C=O) groups excluding carboxylic acids is 2. The molecule has 7 atom stereocenters. The van der Waals surface area contributed by atoms with Gasteiger partial charge in [0.2, 0.25) is 0 Å². The number of aliphatic hydroxyl groups excluding tert-OH is 1. The number of aldehydes is 2. The molecule has 0 amide bonds. The van der Waals surface area contributed by atoms with Crippen LogP contribution in [0.5, 0.6) is 17.2 Å². The van der Waals surface area contributed by atoms with Gasteiger partial charge in [0.25, 0.3) is 0 Å². The van der Waals surface area contributed by atoms with Gasteiger partial charge in [-0.2, -0.15) is 0 Å². The van der Waals surface area contributed by atoms with E-state index in [4.69, 9.17) is 0 Å². The number of aromatic hydroxyl groups is 3. The maximum absolute atomic E-state index is 11.7. The van der Waals surface area contributed by atoms with Crippen molar-refractivity contribution in [2.24, 2.45) is 40.4 Å². The molecule has 0 aromatic heterocycles. The normalized spacial score (nSPS) is 36.2. The van der Waals surface area contributed by atoms with Crippen LogP contribution < -0.4 is 0 Å². The molecule has 3 unspecified atom stereocenters. The standard InChI is InChI=1S/C26H36O6/c1-12(2)19(18-23(31)14(10-27)22(30)15(11-28)24(18)32)26(5)9-8-13-17(29)7-6-16-21(20(13)26)25(16,3)4/h10-13,16-17,19-21,29-32H,6-9H2,1-5H3/t13?,16-,17-,19?,20-,21-,26?/m1/s1. The molecule has 0 heterocycles. The van der Waals surface area contributed by atoms with Gasteiger partial charge in [-0.05, 0) is 72.0 Å². The van der Waals surface area contributed by atoms with E-state index in [1.165, 1.54) is 0 Å². The lowest BCUT2D eigenvalue weighted by molar-refractivity contribution is 0.0279. The van der Waals surface area contributed by atoms with Gasteiger partial charge in [0.1, 0.15) is 17.2 Å². The van der Waals surface area contributed by atoms with E-state index in [9.17, 15) is 30.0 Å². The first-order valence-electron chi connectivity index (χ1n) is 11.8. The summed E-state index contributed by atoms with van der Waals surface area (Å²) in [6.07, 6.45) is 3.78. The van der Waals surface area contributed by atoms with Gasteiger partial charge >= 0.3 is 0 Å². The lowest BCUT2D eigenvalue weighted by Gasteiger charge is -2.45. The number of hydrogen-bond donors (Lipinski definition) is 4. The SMILES string of the molecule is CC(C)C(c1c(O)c(C=O)c(O)c(C=O)c1O)C1(C)CCC2[C@H](O)CC[C@@H]3[C@H]([C@@H]21)C3(C)C. The van der Waals surface area contributed by atoms with Crippen LogP contribution in [-0.2, 0) is 0 Å². The summed E-state index contributed by atoms with van der Waals surface area (Å²) in [5.41, 5.74) is -0.758.